The maximum Gasteiger partial charge on any atom is 0.0141 e. The summed E-state index contributed by atoms with van der Waals surface area (Å²) < 4.78 is 0. The van der Waals surface area contributed by atoms with Crippen LogP contribution in [-0.2, 0) is 6.42 Å². The van der Waals surface area contributed by atoms with Gasteiger partial charge in [-0.25, -0.2) is 0 Å². The molecule has 2 unspecified atom stereocenters. The average molecular weight is 259 g/mol. The number of benzene rings is 1. The summed E-state index contributed by atoms with van der Waals surface area (Å²) in [5, 5.41) is 3.79. The Kier molecular flexibility index (Phi) is 4.35. The van der Waals surface area contributed by atoms with Gasteiger partial charge in [-0.2, -0.15) is 0 Å². The van der Waals surface area contributed by atoms with E-state index >= 15 is 0 Å². The zero-order valence-electron chi connectivity index (χ0n) is 13.2. The Morgan fingerprint density at radius 3 is 2.32 bits per heavy atom. The minimum Gasteiger partial charge on any atom is -0.313 e. The highest BCUT2D eigenvalue weighted by atomic mass is 14.9. The summed E-state index contributed by atoms with van der Waals surface area (Å²) in [7, 11) is 0. The highest BCUT2D eigenvalue weighted by molar-refractivity contribution is 5.34. The van der Waals surface area contributed by atoms with E-state index in [4.69, 9.17) is 0 Å². The van der Waals surface area contributed by atoms with Crippen LogP contribution >= 0.6 is 0 Å². The van der Waals surface area contributed by atoms with E-state index in [9.17, 15) is 0 Å². The van der Waals surface area contributed by atoms with Crippen molar-refractivity contribution in [1.29, 1.82) is 0 Å². The van der Waals surface area contributed by atoms with Crippen molar-refractivity contribution in [3.63, 3.8) is 0 Å². The van der Waals surface area contributed by atoms with Crippen LogP contribution in [0.1, 0.15) is 50.3 Å². The number of hydrogen-bond acceptors (Lipinski definition) is 1. The summed E-state index contributed by atoms with van der Waals surface area (Å²) in [6.45, 7) is 12.7. The highest BCUT2D eigenvalue weighted by Gasteiger charge is 2.49. The molecule has 0 aliphatic heterocycles. The highest BCUT2D eigenvalue weighted by Crippen LogP contribution is 2.54. The molecule has 0 amide bonds. The van der Waals surface area contributed by atoms with Gasteiger partial charge in [0.25, 0.3) is 0 Å². The standard InChI is InChI=1S/C18H29N/c1-6-10-19-17(16-12-18(16,4)5)11-15-13(2)8-7-9-14(15)3/h7-9,16-17,19H,6,10-12H2,1-5H3. The lowest BCUT2D eigenvalue weighted by Gasteiger charge is -2.22. The first-order chi connectivity index (χ1) is 8.95. The molecule has 2 rings (SSSR count). The molecule has 0 bridgehead atoms. The van der Waals surface area contributed by atoms with Crippen molar-refractivity contribution < 1.29 is 0 Å². The van der Waals surface area contributed by atoms with Gasteiger partial charge in [-0.15, -0.1) is 0 Å². The third kappa shape index (κ3) is 3.39. The second-order valence-corrected chi connectivity index (χ2v) is 6.93. The quantitative estimate of drug-likeness (QED) is 0.805. The van der Waals surface area contributed by atoms with Crippen molar-refractivity contribution in [1.82, 2.24) is 5.32 Å². The molecule has 1 heteroatoms. The summed E-state index contributed by atoms with van der Waals surface area (Å²) in [5.41, 5.74) is 4.99. The molecule has 1 fully saturated rings. The molecule has 0 aromatic heterocycles. The topological polar surface area (TPSA) is 12.0 Å². The molecule has 1 aliphatic carbocycles. The second kappa shape index (κ2) is 5.66. The zero-order valence-corrected chi connectivity index (χ0v) is 13.2. The smallest absolute Gasteiger partial charge is 0.0141 e. The monoisotopic (exact) mass is 259 g/mol. The predicted molar refractivity (Wildman–Crippen MR) is 83.6 cm³/mol. The van der Waals surface area contributed by atoms with Gasteiger partial charge in [0.2, 0.25) is 0 Å². The van der Waals surface area contributed by atoms with Gasteiger partial charge in [0.05, 0.1) is 0 Å². The third-order valence-electron chi connectivity index (χ3n) is 4.80. The third-order valence-corrected chi connectivity index (χ3v) is 4.80. The van der Waals surface area contributed by atoms with Crippen LogP contribution in [0.25, 0.3) is 0 Å². The molecule has 0 radical (unpaired) electrons. The fourth-order valence-corrected chi connectivity index (χ4v) is 3.27. The molecule has 0 saturated heterocycles. The number of rotatable bonds is 6. The molecule has 2 atom stereocenters. The maximum atomic E-state index is 3.79. The van der Waals surface area contributed by atoms with Crippen LogP contribution in [0.2, 0.25) is 0 Å². The van der Waals surface area contributed by atoms with Gasteiger partial charge in [0.1, 0.15) is 0 Å². The Labute approximate surface area is 118 Å². The van der Waals surface area contributed by atoms with Crippen LogP contribution in [0.15, 0.2) is 18.2 Å². The first-order valence-corrected chi connectivity index (χ1v) is 7.74. The van der Waals surface area contributed by atoms with Crippen LogP contribution in [0.5, 0.6) is 0 Å². The molecule has 106 valence electrons. The Bertz CT molecular complexity index is 413. The number of aryl methyl sites for hydroxylation is 2. The van der Waals surface area contributed by atoms with Crippen molar-refractivity contribution >= 4 is 0 Å². The van der Waals surface area contributed by atoms with Gasteiger partial charge in [-0.05, 0) is 67.7 Å². The van der Waals surface area contributed by atoms with Gasteiger partial charge in [0.15, 0.2) is 0 Å². The zero-order chi connectivity index (χ0) is 14.0. The summed E-state index contributed by atoms with van der Waals surface area (Å²) in [6.07, 6.45) is 3.78. The molecule has 1 aromatic rings. The van der Waals surface area contributed by atoms with Crippen molar-refractivity contribution in [2.45, 2.75) is 59.9 Å². The molecule has 0 spiro atoms. The Morgan fingerprint density at radius 1 is 1.26 bits per heavy atom. The molecule has 1 aliphatic rings. The lowest BCUT2D eigenvalue weighted by atomic mass is 9.92. The van der Waals surface area contributed by atoms with E-state index in [0.717, 1.165) is 12.5 Å². The minimum absolute atomic E-state index is 0.544. The van der Waals surface area contributed by atoms with E-state index in [2.05, 4.69) is 58.1 Å². The van der Waals surface area contributed by atoms with Gasteiger partial charge < -0.3 is 5.32 Å². The van der Waals surface area contributed by atoms with Gasteiger partial charge in [-0.1, -0.05) is 39.0 Å². The van der Waals surface area contributed by atoms with Gasteiger partial charge >= 0.3 is 0 Å². The molecule has 1 nitrogen and oxygen atoms in total. The van der Waals surface area contributed by atoms with Gasteiger partial charge in [0, 0.05) is 6.04 Å². The summed E-state index contributed by atoms with van der Waals surface area (Å²) in [6, 6.07) is 7.31. The molecule has 0 heterocycles. The van der Waals surface area contributed by atoms with Crippen molar-refractivity contribution in [2.24, 2.45) is 11.3 Å². The molecular weight excluding hydrogens is 230 g/mol. The van der Waals surface area contributed by atoms with E-state index in [0.29, 0.717) is 11.5 Å². The molecular formula is C18H29N. The lowest BCUT2D eigenvalue weighted by Crippen LogP contribution is -2.35. The van der Waals surface area contributed by atoms with E-state index in [1.165, 1.54) is 30.4 Å². The van der Waals surface area contributed by atoms with Gasteiger partial charge in [-0.3, -0.25) is 0 Å². The Morgan fingerprint density at radius 2 is 1.84 bits per heavy atom. The number of nitrogens with one attached hydrogen (secondary N) is 1. The van der Waals surface area contributed by atoms with E-state index in [1.807, 2.05) is 0 Å². The Hall–Kier alpha value is -0.820. The first kappa shape index (κ1) is 14.6. The minimum atomic E-state index is 0.544. The maximum absolute atomic E-state index is 3.79. The second-order valence-electron chi connectivity index (χ2n) is 6.93. The molecule has 1 aromatic carbocycles. The fourth-order valence-electron chi connectivity index (χ4n) is 3.27. The average Bonchev–Trinajstić information content (AvgIpc) is 2.97. The molecule has 19 heavy (non-hydrogen) atoms. The number of hydrogen-bond donors (Lipinski definition) is 1. The summed E-state index contributed by atoms with van der Waals surface area (Å²) >= 11 is 0. The van der Waals surface area contributed by atoms with Crippen molar-refractivity contribution in [2.75, 3.05) is 6.54 Å². The fraction of sp³-hybridized carbons (Fsp3) is 0.667. The molecule has 1 N–H and O–H groups in total. The largest absolute Gasteiger partial charge is 0.313 e. The Balaban J connectivity index is 2.12. The van der Waals surface area contributed by atoms with Crippen LogP contribution in [0.3, 0.4) is 0 Å². The van der Waals surface area contributed by atoms with Crippen molar-refractivity contribution in [3.05, 3.63) is 34.9 Å². The van der Waals surface area contributed by atoms with E-state index in [-0.39, 0.29) is 0 Å². The summed E-state index contributed by atoms with van der Waals surface area (Å²) in [5.74, 6) is 0.845. The first-order valence-electron chi connectivity index (χ1n) is 7.74. The van der Waals surface area contributed by atoms with Crippen molar-refractivity contribution in [3.8, 4) is 0 Å². The predicted octanol–water partition coefficient (Wildman–Crippen LogP) is 4.26. The summed E-state index contributed by atoms with van der Waals surface area (Å²) in [4.78, 5) is 0. The normalized spacial score (nSPS) is 22.3. The van der Waals surface area contributed by atoms with Crippen LogP contribution in [-0.4, -0.2) is 12.6 Å². The van der Waals surface area contributed by atoms with Crippen LogP contribution in [0.4, 0.5) is 0 Å². The molecule has 1 saturated carbocycles. The van der Waals surface area contributed by atoms with E-state index in [1.54, 1.807) is 5.56 Å². The lowest BCUT2D eigenvalue weighted by molar-refractivity contribution is 0.401. The van der Waals surface area contributed by atoms with E-state index < -0.39 is 0 Å². The van der Waals surface area contributed by atoms with Crippen LogP contribution < -0.4 is 5.32 Å². The SMILES string of the molecule is CCCNC(Cc1c(C)cccc1C)C1CC1(C)C. The van der Waals surface area contributed by atoms with Crippen LogP contribution in [0, 0.1) is 25.2 Å².